The summed E-state index contributed by atoms with van der Waals surface area (Å²) in [6.45, 7) is 6.89. The van der Waals surface area contributed by atoms with Gasteiger partial charge in [-0.25, -0.2) is 0 Å². The van der Waals surface area contributed by atoms with Crippen molar-refractivity contribution in [1.29, 1.82) is 5.26 Å². The van der Waals surface area contributed by atoms with Gasteiger partial charge in [0.25, 0.3) is 0 Å². The Labute approximate surface area is 144 Å². The molecule has 0 spiro atoms. The van der Waals surface area contributed by atoms with E-state index in [0.717, 1.165) is 18.4 Å². The largest absolute Gasteiger partial charge is 0.465 e. The molecule has 1 heterocycles. The van der Waals surface area contributed by atoms with Crippen LogP contribution in [0.2, 0.25) is 0 Å². The zero-order valence-electron chi connectivity index (χ0n) is 14.8. The summed E-state index contributed by atoms with van der Waals surface area (Å²) in [4.78, 5) is 12.3. The molecule has 1 saturated heterocycles. The number of ether oxygens (including phenoxy) is 2. The van der Waals surface area contributed by atoms with Crippen molar-refractivity contribution in [3.05, 3.63) is 35.9 Å². The molecule has 0 radical (unpaired) electrons. The van der Waals surface area contributed by atoms with Crippen LogP contribution < -0.4 is 0 Å². The SMILES string of the molecule is CCOC(=O)[C@H](C#N)[C@H](Cc1ccccc1)[C@@H]1CCOC(C)(C)C1. The Bertz CT molecular complexity index is 576. The number of benzene rings is 1. The first-order valence-corrected chi connectivity index (χ1v) is 8.71. The maximum atomic E-state index is 12.3. The first-order chi connectivity index (χ1) is 11.5. The fourth-order valence-electron chi connectivity index (χ4n) is 3.64. The number of esters is 1. The highest BCUT2D eigenvalue weighted by atomic mass is 16.5. The zero-order chi connectivity index (χ0) is 17.6. The fourth-order valence-corrected chi connectivity index (χ4v) is 3.64. The maximum Gasteiger partial charge on any atom is 0.323 e. The highest BCUT2D eigenvalue weighted by molar-refractivity contribution is 5.75. The number of hydrogen-bond donors (Lipinski definition) is 0. The average Bonchev–Trinajstić information content (AvgIpc) is 2.55. The number of hydrogen-bond acceptors (Lipinski definition) is 4. The quantitative estimate of drug-likeness (QED) is 0.746. The van der Waals surface area contributed by atoms with Crippen LogP contribution >= 0.6 is 0 Å². The molecule has 0 bridgehead atoms. The first kappa shape index (κ1) is 18.5. The summed E-state index contributed by atoms with van der Waals surface area (Å²) in [5.74, 6) is -0.920. The van der Waals surface area contributed by atoms with E-state index in [-0.39, 0.29) is 17.4 Å². The van der Waals surface area contributed by atoms with Gasteiger partial charge in [-0.15, -0.1) is 0 Å². The molecule has 4 nitrogen and oxygen atoms in total. The van der Waals surface area contributed by atoms with Gasteiger partial charge in [-0.05, 0) is 57.4 Å². The van der Waals surface area contributed by atoms with E-state index in [1.54, 1.807) is 6.92 Å². The normalized spacial score (nSPS) is 22.2. The lowest BCUT2D eigenvalue weighted by atomic mass is 9.71. The van der Waals surface area contributed by atoms with Crippen molar-refractivity contribution in [2.45, 2.75) is 45.6 Å². The van der Waals surface area contributed by atoms with Gasteiger partial charge in [0.05, 0.1) is 18.3 Å². The molecule has 0 unspecified atom stereocenters. The Kier molecular flexibility index (Phi) is 6.39. The van der Waals surface area contributed by atoms with Crippen LogP contribution in [-0.4, -0.2) is 24.8 Å². The van der Waals surface area contributed by atoms with E-state index in [1.165, 1.54) is 0 Å². The van der Waals surface area contributed by atoms with Crippen molar-refractivity contribution in [1.82, 2.24) is 0 Å². The minimum absolute atomic E-state index is 0.0559. The molecule has 4 heteroatoms. The van der Waals surface area contributed by atoms with E-state index in [1.807, 2.05) is 18.2 Å². The van der Waals surface area contributed by atoms with E-state index < -0.39 is 11.9 Å². The summed E-state index contributed by atoms with van der Waals surface area (Å²) in [7, 11) is 0. The van der Waals surface area contributed by atoms with E-state index in [4.69, 9.17) is 9.47 Å². The summed E-state index contributed by atoms with van der Waals surface area (Å²) >= 11 is 0. The Morgan fingerprint density at radius 2 is 2.12 bits per heavy atom. The molecule has 1 aliphatic heterocycles. The molecule has 0 N–H and O–H groups in total. The third kappa shape index (κ3) is 4.82. The predicted molar refractivity (Wildman–Crippen MR) is 92.1 cm³/mol. The summed E-state index contributed by atoms with van der Waals surface area (Å²) in [6.07, 6.45) is 2.43. The zero-order valence-corrected chi connectivity index (χ0v) is 14.8. The predicted octanol–water partition coefficient (Wildman–Crippen LogP) is 3.75. The first-order valence-electron chi connectivity index (χ1n) is 8.71. The molecule has 2 rings (SSSR count). The van der Waals surface area contributed by atoms with Gasteiger partial charge in [0, 0.05) is 6.61 Å². The number of carbonyl (C=O) groups excluding carboxylic acids is 1. The van der Waals surface area contributed by atoms with Crippen LogP contribution in [0.4, 0.5) is 0 Å². The van der Waals surface area contributed by atoms with Crippen LogP contribution in [0.15, 0.2) is 30.3 Å². The summed E-state index contributed by atoms with van der Waals surface area (Å²) < 4.78 is 11.0. The third-order valence-electron chi connectivity index (χ3n) is 4.76. The van der Waals surface area contributed by atoms with Crippen LogP contribution in [0.3, 0.4) is 0 Å². The number of nitrogens with zero attached hydrogens (tertiary/aromatic N) is 1. The molecular weight excluding hydrogens is 302 g/mol. The Morgan fingerprint density at radius 1 is 1.42 bits per heavy atom. The maximum absolute atomic E-state index is 12.3. The average molecular weight is 329 g/mol. The van der Waals surface area contributed by atoms with Crippen molar-refractivity contribution in [2.75, 3.05) is 13.2 Å². The second-order valence-corrected chi connectivity index (χ2v) is 7.07. The van der Waals surface area contributed by atoms with Gasteiger partial charge in [-0.3, -0.25) is 4.79 Å². The van der Waals surface area contributed by atoms with Crippen LogP contribution in [0.1, 0.15) is 39.2 Å². The van der Waals surface area contributed by atoms with E-state index in [0.29, 0.717) is 19.6 Å². The lowest BCUT2D eigenvalue weighted by molar-refractivity contribution is -0.150. The minimum atomic E-state index is -0.732. The van der Waals surface area contributed by atoms with Gasteiger partial charge in [-0.2, -0.15) is 5.26 Å². The number of nitriles is 1. The van der Waals surface area contributed by atoms with Gasteiger partial charge >= 0.3 is 5.97 Å². The van der Waals surface area contributed by atoms with Crippen molar-refractivity contribution in [2.24, 2.45) is 17.8 Å². The van der Waals surface area contributed by atoms with Gasteiger partial charge in [0.2, 0.25) is 0 Å². The lowest BCUT2D eigenvalue weighted by Crippen LogP contribution is -2.41. The number of rotatable bonds is 6. The van der Waals surface area contributed by atoms with Crippen molar-refractivity contribution in [3.8, 4) is 6.07 Å². The van der Waals surface area contributed by atoms with Gasteiger partial charge in [0.15, 0.2) is 0 Å². The molecule has 1 aliphatic rings. The van der Waals surface area contributed by atoms with Gasteiger partial charge < -0.3 is 9.47 Å². The standard InChI is InChI=1S/C20H27NO3/c1-4-23-19(22)18(14-21)17(12-15-8-6-5-7-9-15)16-10-11-24-20(2,3)13-16/h5-9,16-18H,4,10-13H2,1-3H3/t16-,17-,18-/m1/s1. The van der Waals surface area contributed by atoms with Crippen molar-refractivity contribution >= 4 is 5.97 Å². The molecule has 1 fully saturated rings. The minimum Gasteiger partial charge on any atom is -0.465 e. The van der Waals surface area contributed by atoms with Gasteiger partial charge in [-0.1, -0.05) is 30.3 Å². The van der Waals surface area contributed by atoms with E-state index >= 15 is 0 Å². The van der Waals surface area contributed by atoms with E-state index in [2.05, 4.69) is 32.0 Å². The lowest BCUT2D eigenvalue weighted by Gasteiger charge is -2.40. The van der Waals surface area contributed by atoms with Gasteiger partial charge in [0.1, 0.15) is 5.92 Å². The van der Waals surface area contributed by atoms with Crippen LogP contribution in [-0.2, 0) is 20.7 Å². The molecule has 0 aromatic heterocycles. The molecule has 3 atom stereocenters. The molecule has 24 heavy (non-hydrogen) atoms. The molecule has 1 aromatic rings. The van der Waals surface area contributed by atoms with E-state index in [9.17, 15) is 10.1 Å². The van der Waals surface area contributed by atoms with Crippen LogP contribution in [0.5, 0.6) is 0 Å². The monoisotopic (exact) mass is 329 g/mol. The Balaban J connectivity index is 2.26. The Morgan fingerprint density at radius 3 is 2.71 bits per heavy atom. The summed E-state index contributed by atoms with van der Waals surface area (Å²) in [6, 6.07) is 12.3. The highest BCUT2D eigenvalue weighted by Crippen LogP contribution is 2.38. The molecule has 130 valence electrons. The smallest absolute Gasteiger partial charge is 0.323 e. The fraction of sp³-hybridized carbons (Fsp3) is 0.600. The second-order valence-electron chi connectivity index (χ2n) is 7.07. The van der Waals surface area contributed by atoms with Crippen LogP contribution in [0, 0.1) is 29.1 Å². The van der Waals surface area contributed by atoms with Crippen molar-refractivity contribution < 1.29 is 14.3 Å². The van der Waals surface area contributed by atoms with Crippen LogP contribution in [0.25, 0.3) is 0 Å². The highest BCUT2D eigenvalue weighted by Gasteiger charge is 2.40. The Hall–Kier alpha value is -1.86. The molecule has 0 aliphatic carbocycles. The molecule has 0 amide bonds. The summed E-state index contributed by atoms with van der Waals surface area (Å²) in [5.41, 5.74) is 0.934. The molecule has 0 saturated carbocycles. The molecular formula is C20H27NO3. The third-order valence-corrected chi connectivity index (χ3v) is 4.76. The number of carbonyl (C=O) groups is 1. The molecule has 1 aromatic carbocycles. The topological polar surface area (TPSA) is 59.3 Å². The second kappa shape index (κ2) is 8.30. The summed E-state index contributed by atoms with van der Waals surface area (Å²) in [5, 5.41) is 9.65. The van der Waals surface area contributed by atoms with Crippen molar-refractivity contribution in [3.63, 3.8) is 0 Å².